The Morgan fingerprint density at radius 3 is 2.87 bits per heavy atom. The third kappa shape index (κ3) is 1.99. The summed E-state index contributed by atoms with van der Waals surface area (Å²) in [7, 11) is -0.981. The summed E-state index contributed by atoms with van der Waals surface area (Å²) < 4.78 is 12.0. The number of amides is 1. The van der Waals surface area contributed by atoms with Crippen molar-refractivity contribution in [3.63, 3.8) is 0 Å². The average molecular weight is 288 g/mol. The van der Waals surface area contributed by atoms with E-state index in [1.54, 1.807) is 17.2 Å². The van der Waals surface area contributed by atoms with Crippen molar-refractivity contribution in [1.82, 2.24) is 4.90 Å². The maximum atomic E-state index is 11.9. The summed E-state index contributed by atoms with van der Waals surface area (Å²) in [5.41, 5.74) is 1.71. The Hall–Kier alpha value is -0.680. The zero-order valence-corrected chi connectivity index (χ0v) is 10.6. The number of hydrogen-bond donors (Lipinski definition) is 0. The molecule has 80 valence electrons. The summed E-state index contributed by atoms with van der Waals surface area (Å²) >= 11 is 3.41. The monoisotopic (exact) mass is 287 g/mol. The van der Waals surface area contributed by atoms with Crippen LogP contribution in [-0.4, -0.2) is 27.1 Å². The molecular formula is C10H10BrNO2S. The molecule has 0 spiro atoms. The lowest BCUT2D eigenvalue weighted by Crippen LogP contribution is -2.27. The Bertz CT molecular complexity index is 447. The molecule has 2 rings (SSSR count). The van der Waals surface area contributed by atoms with Crippen molar-refractivity contribution in [2.75, 3.05) is 12.1 Å². The van der Waals surface area contributed by atoms with Gasteiger partial charge >= 0.3 is 0 Å². The summed E-state index contributed by atoms with van der Waals surface area (Å²) in [6.45, 7) is 0.551. The number of nitrogens with zero attached hydrogens (tertiary/aromatic N) is 1. The van der Waals surface area contributed by atoms with Gasteiger partial charge in [0.05, 0.1) is 5.88 Å². The number of carbonyl (C=O) groups excluding carboxylic acids is 1. The quantitative estimate of drug-likeness (QED) is 0.831. The van der Waals surface area contributed by atoms with Crippen LogP contribution in [0.3, 0.4) is 0 Å². The van der Waals surface area contributed by atoms with E-state index in [4.69, 9.17) is 0 Å². The molecular weight excluding hydrogens is 278 g/mol. The van der Waals surface area contributed by atoms with Gasteiger partial charge in [0.15, 0.2) is 0 Å². The van der Waals surface area contributed by atoms with E-state index in [0.29, 0.717) is 12.4 Å². The average Bonchev–Trinajstić information content (AvgIpc) is 2.46. The molecule has 5 heteroatoms. The van der Waals surface area contributed by atoms with Crippen LogP contribution in [0.5, 0.6) is 0 Å². The molecule has 1 aromatic rings. The molecule has 0 fully saturated rings. The maximum Gasteiger partial charge on any atom is 0.255 e. The first-order valence-corrected chi connectivity index (χ1v) is 6.98. The molecule has 1 atom stereocenters. The molecule has 0 saturated carbocycles. The van der Waals surface area contributed by atoms with Gasteiger partial charge in [-0.3, -0.25) is 9.00 Å². The molecule has 1 aliphatic heterocycles. The van der Waals surface area contributed by atoms with Crippen molar-refractivity contribution in [2.24, 2.45) is 0 Å². The minimum atomic E-state index is -0.981. The van der Waals surface area contributed by atoms with Crippen LogP contribution in [0.4, 0.5) is 0 Å². The fraction of sp³-hybridized carbons (Fsp3) is 0.300. The number of rotatable bonds is 2. The van der Waals surface area contributed by atoms with Gasteiger partial charge in [0.25, 0.3) is 5.91 Å². The van der Waals surface area contributed by atoms with Crippen molar-refractivity contribution in [2.45, 2.75) is 6.54 Å². The molecule has 0 N–H and O–H groups in total. The highest BCUT2D eigenvalue weighted by molar-refractivity contribution is 9.10. The van der Waals surface area contributed by atoms with Crippen LogP contribution in [0.15, 0.2) is 22.7 Å². The highest BCUT2D eigenvalue weighted by Gasteiger charge is 2.28. The molecule has 1 amide bonds. The van der Waals surface area contributed by atoms with E-state index in [1.807, 2.05) is 12.1 Å². The van der Waals surface area contributed by atoms with Crippen LogP contribution in [0, 0.1) is 0 Å². The second-order valence-corrected chi connectivity index (χ2v) is 5.73. The number of benzene rings is 1. The Labute approximate surface area is 99.0 Å². The summed E-state index contributed by atoms with van der Waals surface area (Å²) in [4.78, 5) is 13.5. The molecule has 1 aromatic carbocycles. The van der Waals surface area contributed by atoms with Gasteiger partial charge in [-0.1, -0.05) is 22.0 Å². The highest BCUT2D eigenvalue weighted by Crippen LogP contribution is 2.29. The standard InChI is InChI=1S/C10H10BrNO2S/c1-15(14)6-12-5-8-7(10(12)13)3-2-4-9(8)11/h2-4H,5-6H2,1H3. The second kappa shape index (κ2) is 4.06. The lowest BCUT2D eigenvalue weighted by molar-refractivity contribution is 0.0806. The van der Waals surface area contributed by atoms with Gasteiger partial charge in [0.1, 0.15) is 0 Å². The smallest absolute Gasteiger partial charge is 0.255 e. The predicted molar refractivity (Wildman–Crippen MR) is 62.9 cm³/mol. The van der Waals surface area contributed by atoms with Gasteiger partial charge in [0.2, 0.25) is 0 Å². The van der Waals surface area contributed by atoms with Crippen molar-refractivity contribution in [1.29, 1.82) is 0 Å². The Morgan fingerprint density at radius 1 is 1.53 bits per heavy atom. The molecule has 0 aromatic heterocycles. The number of carbonyl (C=O) groups is 1. The molecule has 3 nitrogen and oxygen atoms in total. The van der Waals surface area contributed by atoms with Gasteiger partial charge in [-0.05, 0) is 17.7 Å². The van der Waals surface area contributed by atoms with Gasteiger partial charge < -0.3 is 4.90 Å². The fourth-order valence-electron chi connectivity index (χ4n) is 1.68. The first-order valence-electron chi connectivity index (χ1n) is 4.46. The van der Waals surface area contributed by atoms with Crippen LogP contribution in [0.1, 0.15) is 15.9 Å². The van der Waals surface area contributed by atoms with Crippen molar-refractivity contribution in [3.05, 3.63) is 33.8 Å². The zero-order chi connectivity index (χ0) is 11.0. The zero-order valence-electron chi connectivity index (χ0n) is 8.20. The number of fused-ring (bicyclic) bond motifs is 1. The summed E-state index contributed by atoms with van der Waals surface area (Å²) in [5, 5.41) is 0. The van der Waals surface area contributed by atoms with Gasteiger partial charge in [-0.15, -0.1) is 0 Å². The predicted octanol–water partition coefficient (Wildman–Crippen LogP) is 1.74. The fourth-order valence-corrected chi connectivity index (χ4v) is 2.82. The van der Waals surface area contributed by atoms with E-state index in [1.165, 1.54) is 0 Å². The van der Waals surface area contributed by atoms with Crippen molar-refractivity contribution in [3.8, 4) is 0 Å². The van der Waals surface area contributed by atoms with Crippen molar-refractivity contribution >= 4 is 32.6 Å². The minimum absolute atomic E-state index is 0.0264. The van der Waals surface area contributed by atoms with Crippen LogP contribution < -0.4 is 0 Å². The minimum Gasteiger partial charge on any atom is -0.322 e. The summed E-state index contributed by atoms with van der Waals surface area (Å²) in [6, 6.07) is 5.56. The number of hydrogen-bond acceptors (Lipinski definition) is 2. The normalized spacial score (nSPS) is 16.7. The van der Waals surface area contributed by atoms with E-state index in [9.17, 15) is 9.00 Å². The Morgan fingerprint density at radius 2 is 2.27 bits per heavy atom. The lowest BCUT2D eigenvalue weighted by Gasteiger charge is -2.12. The third-order valence-corrected chi connectivity index (χ3v) is 3.74. The van der Waals surface area contributed by atoms with E-state index < -0.39 is 10.8 Å². The topological polar surface area (TPSA) is 37.4 Å². The molecule has 0 radical (unpaired) electrons. The molecule has 0 bridgehead atoms. The van der Waals surface area contributed by atoms with Crippen molar-refractivity contribution < 1.29 is 9.00 Å². The number of halogens is 1. The first kappa shape index (κ1) is 10.8. The van der Waals surface area contributed by atoms with Gasteiger partial charge in [-0.2, -0.15) is 0 Å². The van der Waals surface area contributed by atoms with Gasteiger partial charge in [-0.25, -0.2) is 0 Å². The highest BCUT2D eigenvalue weighted by atomic mass is 79.9. The van der Waals surface area contributed by atoms with Crippen LogP contribution in [-0.2, 0) is 17.3 Å². The molecule has 0 saturated heterocycles. The van der Waals surface area contributed by atoms with Crippen LogP contribution in [0.25, 0.3) is 0 Å². The second-order valence-electron chi connectivity index (χ2n) is 3.47. The molecule has 1 unspecified atom stereocenters. The van der Waals surface area contributed by atoms with E-state index in [-0.39, 0.29) is 5.91 Å². The van der Waals surface area contributed by atoms with E-state index >= 15 is 0 Å². The van der Waals surface area contributed by atoms with Crippen LogP contribution in [0.2, 0.25) is 0 Å². The lowest BCUT2D eigenvalue weighted by atomic mass is 10.1. The SMILES string of the molecule is CS(=O)CN1Cc2c(Br)cccc2C1=O. The molecule has 1 heterocycles. The molecule has 1 aliphatic rings. The molecule has 0 aliphatic carbocycles. The summed E-state index contributed by atoms with van der Waals surface area (Å²) in [5.74, 6) is 0.279. The maximum absolute atomic E-state index is 11.9. The molecule has 15 heavy (non-hydrogen) atoms. The third-order valence-electron chi connectivity index (χ3n) is 2.32. The largest absolute Gasteiger partial charge is 0.322 e. The van der Waals surface area contributed by atoms with E-state index in [2.05, 4.69) is 15.9 Å². The first-order chi connectivity index (χ1) is 7.09. The Balaban J connectivity index is 2.33. The van der Waals surface area contributed by atoms with Crippen LogP contribution >= 0.6 is 15.9 Å². The van der Waals surface area contributed by atoms with Gasteiger partial charge in [0, 0.05) is 33.6 Å². The van der Waals surface area contributed by atoms with E-state index in [0.717, 1.165) is 15.6 Å². The summed E-state index contributed by atoms with van der Waals surface area (Å²) in [6.07, 6.45) is 1.60. The Kier molecular flexibility index (Phi) is 2.93.